The van der Waals surface area contributed by atoms with Gasteiger partial charge in [0.2, 0.25) is 0 Å². The van der Waals surface area contributed by atoms with Crippen molar-refractivity contribution in [3.63, 3.8) is 0 Å². The molecular weight excluding hydrogens is 243 g/mol. The van der Waals surface area contributed by atoms with Crippen molar-refractivity contribution in [1.29, 1.82) is 0 Å². The van der Waals surface area contributed by atoms with Gasteiger partial charge in [-0.05, 0) is 0 Å². The van der Waals surface area contributed by atoms with Crippen molar-refractivity contribution < 1.29 is 21.9 Å². The van der Waals surface area contributed by atoms with Crippen LogP contribution in [0.15, 0.2) is 0 Å². The average Bonchev–Trinajstić information content (AvgIpc) is 0.918. The molecule has 2 radical (unpaired) electrons. The van der Waals surface area contributed by atoms with Gasteiger partial charge in [0.05, 0.1) is 0 Å². The fourth-order valence-electron chi connectivity index (χ4n) is 0. The first kappa shape index (κ1) is 8.99. The van der Waals surface area contributed by atoms with Crippen molar-refractivity contribution in [2.75, 3.05) is 0 Å². The molecule has 0 aromatic carbocycles. The summed E-state index contributed by atoms with van der Waals surface area (Å²) in [6, 6.07) is 0. The second-order valence-corrected chi connectivity index (χ2v) is 0.986. The van der Waals surface area contributed by atoms with Gasteiger partial charge in [0, 0.05) is 0 Å². The average molecular weight is 248 g/mol. The topological polar surface area (TPSA) is 17.1 Å². The molecule has 0 aliphatic rings. The van der Waals surface area contributed by atoms with Crippen LogP contribution in [0.25, 0.3) is 0 Å². The maximum absolute atomic E-state index is 9.06. The van der Waals surface area contributed by atoms with E-state index in [1.54, 1.807) is 5.31 Å². The number of hydrogen-bond acceptors (Lipinski definition) is 1. The first-order valence-corrected chi connectivity index (χ1v) is 3.40. The molecule has 0 rings (SSSR count). The fraction of sp³-hybridized carbons (Fsp3) is 1.00. The molecule has 0 saturated heterocycles. The van der Waals surface area contributed by atoms with Crippen LogP contribution < -0.4 is 0 Å². The molecule has 0 heterocycles. The van der Waals surface area contributed by atoms with Gasteiger partial charge in [-0.25, -0.2) is 0 Å². The molecule has 0 atom stereocenters. The molecule has 1 nitrogen and oxygen atoms in total. The Morgan fingerprint density at radius 2 is 1.75 bits per heavy atom. The standard InChI is InChI=1S/CH3.Mo.O.Sn.2H/h1H3;;;;;. The molecule has 0 bridgehead atoms. The Morgan fingerprint density at radius 1 is 1.75 bits per heavy atom. The molecule has 0 unspecified atom stereocenters. The molecule has 25 valence electrons. The molecule has 0 N–H and O–H groups in total. The van der Waals surface area contributed by atoms with Crippen LogP contribution in [0.3, 0.4) is 0 Å². The van der Waals surface area contributed by atoms with Gasteiger partial charge in [0.25, 0.3) is 0 Å². The summed E-state index contributed by atoms with van der Waals surface area (Å²) in [4.78, 5) is 0. The Bertz CT molecular complexity index is 15.5. The van der Waals surface area contributed by atoms with Gasteiger partial charge in [-0.3, -0.25) is 0 Å². The van der Waals surface area contributed by atoms with E-state index in [2.05, 4.69) is 0 Å². The summed E-state index contributed by atoms with van der Waals surface area (Å²) < 4.78 is 9.06. The monoisotopic (exact) mass is 251 g/mol. The van der Waals surface area contributed by atoms with Crippen LogP contribution in [-0.2, 0) is 21.9 Å². The third-order valence-electron chi connectivity index (χ3n) is 0. The minimum atomic E-state index is -0.780. The summed E-state index contributed by atoms with van der Waals surface area (Å²) in [7, 11) is 0. The molecule has 0 aliphatic heterocycles. The van der Waals surface area contributed by atoms with E-state index in [1.807, 2.05) is 0 Å². The molecule has 0 spiro atoms. The van der Waals surface area contributed by atoms with E-state index in [1.165, 1.54) is 0 Å². The molecule has 0 aliphatic carbocycles. The van der Waals surface area contributed by atoms with Crippen LogP contribution >= 0.6 is 0 Å². The van der Waals surface area contributed by atoms with Gasteiger partial charge in [-0.1, -0.05) is 0 Å². The summed E-state index contributed by atoms with van der Waals surface area (Å²) in [5.74, 6) is 0. The summed E-state index contributed by atoms with van der Waals surface area (Å²) in [6.07, 6.45) is 0. The van der Waals surface area contributed by atoms with E-state index < -0.39 is 18.5 Å². The van der Waals surface area contributed by atoms with Crippen molar-refractivity contribution in [3.05, 3.63) is 0 Å². The molecule has 0 amide bonds. The predicted octanol–water partition coefficient (Wildman–Crippen LogP) is -0.454. The fourth-order valence-corrected chi connectivity index (χ4v) is 0. The van der Waals surface area contributed by atoms with Crippen molar-refractivity contribution >= 4 is 23.9 Å². The third-order valence-corrected chi connectivity index (χ3v) is 0. The van der Waals surface area contributed by atoms with Crippen molar-refractivity contribution in [2.45, 2.75) is 5.31 Å². The normalized spacial score (nSPS) is 3.25. The second-order valence-electron chi connectivity index (χ2n) is 0.167. The van der Waals surface area contributed by atoms with Crippen molar-refractivity contribution in [2.24, 2.45) is 0 Å². The van der Waals surface area contributed by atoms with E-state index in [-0.39, 0.29) is 23.9 Å². The molecule has 0 saturated carbocycles. The zero-order chi connectivity index (χ0) is 2.71. The first-order valence-electron chi connectivity index (χ1n) is 0.575. The zero-order valence-corrected chi connectivity index (χ0v) is 8.57. The van der Waals surface area contributed by atoms with E-state index in [0.717, 1.165) is 0 Å². The van der Waals surface area contributed by atoms with Gasteiger partial charge in [-0.15, -0.1) is 0 Å². The van der Waals surface area contributed by atoms with Crippen LogP contribution in [0.5, 0.6) is 0 Å². The van der Waals surface area contributed by atoms with Gasteiger partial charge < -0.3 is 0 Å². The quantitative estimate of drug-likeness (QED) is 0.530. The number of rotatable bonds is 0. The number of hydrogen-bond donors (Lipinski definition) is 0. The Hall–Kier alpha value is 1.29. The predicted molar refractivity (Wildman–Crippen MR) is 15.1 cm³/mol. The summed E-state index contributed by atoms with van der Waals surface area (Å²) >= 11 is -0.780. The van der Waals surface area contributed by atoms with Gasteiger partial charge in [0.15, 0.2) is 0 Å². The van der Waals surface area contributed by atoms with E-state index >= 15 is 0 Å². The SMILES string of the molecule is [CH3][Mo]=[O].[SnH2]. The van der Waals surface area contributed by atoms with Crippen LogP contribution in [0.2, 0.25) is 5.31 Å². The van der Waals surface area contributed by atoms with E-state index in [9.17, 15) is 0 Å². The summed E-state index contributed by atoms with van der Waals surface area (Å²) in [6.45, 7) is 0. The van der Waals surface area contributed by atoms with Gasteiger partial charge in [0.1, 0.15) is 0 Å². The van der Waals surface area contributed by atoms with Crippen LogP contribution in [-0.4, -0.2) is 23.9 Å². The van der Waals surface area contributed by atoms with Crippen LogP contribution in [0, 0.1) is 0 Å². The van der Waals surface area contributed by atoms with Crippen LogP contribution in [0.1, 0.15) is 0 Å². The maximum atomic E-state index is 9.06. The third kappa shape index (κ3) is 10.4. The molecule has 0 aromatic rings. The zero-order valence-electron chi connectivity index (χ0n) is 2.52. The van der Waals surface area contributed by atoms with E-state index in [0.29, 0.717) is 0 Å². The molecule has 0 aromatic heterocycles. The molecule has 4 heavy (non-hydrogen) atoms. The molecular formula is CH5MoOSn. The summed E-state index contributed by atoms with van der Waals surface area (Å²) in [5.41, 5.74) is 0. The Balaban J connectivity index is 0. The van der Waals surface area contributed by atoms with Gasteiger partial charge in [-0.2, -0.15) is 0 Å². The van der Waals surface area contributed by atoms with Gasteiger partial charge >= 0.3 is 51.1 Å². The Kier molecular flexibility index (Phi) is 19.9. The molecule has 0 fully saturated rings. The second kappa shape index (κ2) is 8.86. The molecule has 3 heteroatoms. The van der Waals surface area contributed by atoms with E-state index in [4.69, 9.17) is 3.40 Å². The minimum absolute atomic E-state index is 0. The summed E-state index contributed by atoms with van der Waals surface area (Å²) in [5, 5.41) is 1.70. The van der Waals surface area contributed by atoms with Crippen LogP contribution in [0.4, 0.5) is 0 Å². The Morgan fingerprint density at radius 3 is 1.75 bits per heavy atom. The van der Waals surface area contributed by atoms with Crippen molar-refractivity contribution in [3.8, 4) is 0 Å². The Labute approximate surface area is 51.0 Å². The van der Waals surface area contributed by atoms with Crippen molar-refractivity contribution in [1.82, 2.24) is 0 Å². The first-order chi connectivity index (χ1) is 1.41.